The summed E-state index contributed by atoms with van der Waals surface area (Å²) in [5.41, 5.74) is 0. The van der Waals surface area contributed by atoms with E-state index in [1.165, 1.54) is 6.33 Å². The number of hydrogen-bond donors (Lipinski definition) is 2. The first-order valence-electron chi connectivity index (χ1n) is 4.03. The molecule has 0 bridgehead atoms. The monoisotopic (exact) mass is 221 g/mol. The summed E-state index contributed by atoms with van der Waals surface area (Å²) in [5, 5.41) is 20.8. The van der Waals surface area contributed by atoms with E-state index < -0.39 is 25.0 Å². The van der Waals surface area contributed by atoms with E-state index in [-0.39, 0.29) is 6.54 Å². The number of amides is 1. The number of aliphatic hydroxyl groups excluding tert-OH is 1. The molecule has 1 atom stereocenters. The third-order valence-electron chi connectivity index (χ3n) is 1.50. The van der Waals surface area contributed by atoms with Crippen molar-refractivity contribution in [3.63, 3.8) is 0 Å². The molecule has 0 saturated carbocycles. The Bertz CT molecular complexity index is 304. The van der Waals surface area contributed by atoms with Gasteiger partial charge in [0, 0.05) is 6.54 Å². The summed E-state index contributed by atoms with van der Waals surface area (Å²) in [4.78, 5) is 11.1. The number of carbonyl (C=O) groups excluding carboxylic acids is 1. The maximum atomic E-state index is 11.8. The smallest absolute Gasteiger partial charge is 0.265 e. The number of alkyl halides is 2. The Kier molecular flexibility index (Phi) is 4.03. The lowest BCUT2D eigenvalue weighted by Gasteiger charge is -2.10. The Labute approximate surface area is 83.1 Å². The Morgan fingerprint density at radius 3 is 2.87 bits per heavy atom. The molecule has 7 nitrogen and oxygen atoms in total. The summed E-state index contributed by atoms with van der Waals surface area (Å²) < 4.78 is 24.8. The number of nitrogens with one attached hydrogen (secondary N) is 1. The van der Waals surface area contributed by atoms with Crippen LogP contribution in [-0.4, -0.2) is 50.3 Å². The molecule has 0 radical (unpaired) electrons. The third kappa shape index (κ3) is 3.94. The maximum absolute atomic E-state index is 11.8. The lowest BCUT2D eigenvalue weighted by molar-refractivity contribution is -0.122. The van der Waals surface area contributed by atoms with Crippen molar-refractivity contribution in [2.75, 3.05) is 6.54 Å². The van der Waals surface area contributed by atoms with Gasteiger partial charge >= 0.3 is 0 Å². The van der Waals surface area contributed by atoms with Crippen LogP contribution in [0.5, 0.6) is 0 Å². The predicted octanol–water partition coefficient (Wildman–Crippen LogP) is -1.58. The molecule has 0 aromatic carbocycles. The second-order valence-electron chi connectivity index (χ2n) is 2.71. The maximum Gasteiger partial charge on any atom is 0.265 e. The third-order valence-corrected chi connectivity index (χ3v) is 1.50. The van der Waals surface area contributed by atoms with Crippen molar-refractivity contribution >= 4 is 5.91 Å². The molecule has 1 aromatic rings. The van der Waals surface area contributed by atoms with Crippen molar-refractivity contribution < 1.29 is 18.7 Å². The van der Waals surface area contributed by atoms with Gasteiger partial charge in [-0.05, 0) is 10.4 Å². The van der Waals surface area contributed by atoms with Gasteiger partial charge in [-0.1, -0.05) is 0 Å². The second kappa shape index (κ2) is 5.29. The van der Waals surface area contributed by atoms with E-state index >= 15 is 0 Å². The summed E-state index contributed by atoms with van der Waals surface area (Å²) in [6.45, 7) is -0.679. The fourth-order valence-electron chi connectivity index (χ4n) is 0.763. The Hall–Kier alpha value is -1.64. The molecule has 1 heterocycles. The predicted molar refractivity (Wildman–Crippen MR) is 42.8 cm³/mol. The first-order chi connectivity index (χ1) is 7.09. The van der Waals surface area contributed by atoms with E-state index in [0.29, 0.717) is 0 Å². The number of carbonyl (C=O) groups is 1. The minimum atomic E-state index is -2.88. The van der Waals surface area contributed by atoms with E-state index in [1.807, 2.05) is 0 Å². The molecule has 0 saturated heterocycles. The van der Waals surface area contributed by atoms with Gasteiger partial charge in [0.15, 0.2) is 0 Å². The van der Waals surface area contributed by atoms with Crippen LogP contribution in [0.25, 0.3) is 0 Å². The molecule has 0 spiro atoms. The first-order valence-corrected chi connectivity index (χ1v) is 4.03. The Morgan fingerprint density at radius 2 is 2.33 bits per heavy atom. The van der Waals surface area contributed by atoms with Crippen molar-refractivity contribution in [1.29, 1.82) is 0 Å². The molecular weight excluding hydrogens is 212 g/mol. The van der Waals surface area contributed by atoms with Crippen molar-refractivity contribution in [1.82, 2.24) is 25.5 Å². The number of hydrogen-bond acceptors (Lipinski definition) is 5. The van der Waals surface area contributed by atoms with Gasteiger partial charge in [-0.3, -0.25) is 4.79 Å². The summed E-state index contributed by atoms with van der Waals surface area (Å²) in [6, 6.07) is 0. The van der Waals surface area contributed by atoms with Crippen LogP contribution in [0.4, 0.5) is 8.78 Å². The van der Waals surface area contributed by atoms with Gasteiger partial charge in [0.2, 0.25) is 5.91 Å². The van der Waals surface area contributed by atoms with Crippen LogP contribution in [0.3, 0.4) is 0 Å². The molecule has 15 heavy (non-hydrogen) atoms. The molecule has 1 unspecified atom stereocenters. The molecular formula is C6H9F2N5O2. The molecule has 9 heteroatoms. The number of tetrazole rings is 1. The number of aromatic nitrogens is 4. The van der Waals surface area contributed by atoms with Gasteiger partial charge in [-0.25, -0.2) is 13.5 Å². The number of halogens is 2. The van der Waals surface area contributed by atoms with Crippen molar-refractivity contribution in [3.05, 3.63) is 6.33 Å². The largest absolute Gasteiger partial charge is 0.385 e. The van der Waals surface area contributed by atoms with E-state index in [4.69, 9.17) is 5.11 Å². The molecule has 0 aliphatic heterocycles. The van der Waals surface area contributed by atoms with Gasteiger partial charge in [0.1, 0.15) is 19.0 Å². The highest BCUT2D eigenvalue weighted by Crippen LogP contribution is 1.98. The average molecular weight is 221 g/mol. The van der Waals surface area contributed by atoms with Crippen molar-refractivity contribution in [2.24, 2.45) is 0 Å². The van der Waals surface area contributed by atoms with Crippen LogP contribution < -0.4 is 5.32 Å². The normalized spacial score (nSPS) is 12.8. The van der Waals surface area contributed by atoms with Crippen molar-refractivity contribution in [3.8, 4) is 0 Å². The van der Waals surface area contributed by atoms with Crippen LogP contribution in [0.1, 0.15) is 0 Å². The summed E-state index contributed by atoms with van der Waals surface area (Å²) in [6.07, 6.45) is -3.52. The van der Waals surface area contributed by atoms with Crippen LogP contribution >= 0.6 is 0 Å². The Balaban J connectivity index is 2.25. The summed E-state index contributed by atoms with van der Waals surface area (Å²) in [5.74, 6) is -0.554. The molecule has 84 valence electrons. The average Bonchev–Trinajstić information content (AvgIpc) is 2.66. The minimum Gasteiger partial charge on any atom is -0.385 e. The number of nitrogens with zero attached hydrogens (tertiary/aromatic N) is 4. The standard InChI is InChI=1S/C6H9F2N5O2/c7-6(8)4(14)1-9-5(15)2-13-3-10-11-12-13/h3-4,6,14H,1-2H2,(H,9,15). The van der Waals surface area contributed by atoms with E-state index in [1.54, 1.807) is 0 Å². The van der Waals surface area contributed by atoms with Gasteiger partial charge in [0.25, 0.3) is 6.43 Å². The molecule has 0 fully saturated rings. The zero-order valence-electron chi connectivity index (χ0n) is 7.55. The fourth-order valence-corrected chi connectivity index (χ4v) is 0.763. The van der Waals surface area contributed by atoms with Crippen molar-refractivity contribution in [2.45, 2.75) is 19.1 Å². The van der Waals surface area contributed by atoms with Gasteiger partial charge in [-0.15, -0.1) is 5.10 Å². The topological polar surface area (TPSA) is 92.9 Å². The highest BCUT2D eigenvalue weighted by atomic mass is 19.3. The van der Waals surface area contributed by atoms with Gasteiger partial charge < -0.3 is 10.4 Å². The van der Waals surface area contributed by atoms with Gasteiger partial charge in [0.05, 0.1) is 0 Å². The Morgan fingerprint density at radius 1 is 1.60 bits per heavy atom. The molecule has 1 rings (SSSR count). The molecule has 1 aromatic heterocycles. The SMILES string of the molecule is O=C(Cn1cnnn1)NCC(O)C(F)F. The van der Waals surface area contributed by atoms with Crippen LogP contribution in [0, 0.1) is 0 Å². The number of rotatable bonds is 5. The zero-order chi connectivity index (χ0) is 11.3. The molecule has 1 amide bonds. The minimum absolute atomic E-state index is 0.178. The van der Waals surface area contributed by atoms with E-state index in [0.717, 1.165) is 4.68 Å². The first kappa shape index (κ1) is 11.4. The fraction of sp³-hybridized carbons (Fsp3) is 0.667. The molecule has 0 aliphatic carbocycles. The lowest BCUT2D eigenvalue weighted by Crippen LogP contribution is -2.37. The lowest BCUT2D eigenvalue weighted by atomic mass is 10.3. The summed E-state index contributed by atoms with van der Waals surface area (Å²) >= 11 is 0. The quantitative estimate of drug-likeness (QED) is 0.625. The highest BCUT2D eigenvalue weighted by Gasteiger charge is 2.17. The van der Waals surface area contributed by atoms with Crippen LogP contribution in [0.15, 0.2) is 6.33 Å². The second-order valence-corrected chi connectivity index (χ2v) is 2.71. The summed E-state index contributed by atoms with van der Waals surface area (Å²) in [7, 11) is 0. The molecule has 2 N–H and O–H groups in total. The molecule has 0 aliphatic rings. The highest BCUT2D eigenvalue weighted by molar-refractivity contribution is 5.75. The van der Waals surface area contributed by atoms with E-state index in [2.05, 4.69) is 20.8 Å². The van der Waals surface area contributed by atoms with E-state index in [9.17, 15) is 13.6 Å². The van der Waals surface area contributed by atoms with Crippen LogP contribution in [-0.2, 0) is 11.3 Å². The van der Waals surface area contributed by atoms with Gasteiger partial charge in [-0.2, -0.15) is 0 Å². The van der Waals surface area contributed by atoms with Crippen LogP contribution in [0.2, 0.25) is 0 Å². The number of aliphatic hydroxyl groups is 1. The zero-order valence-corrected chi connectivity index (χ0v) is 7.55.